The lowest BCUT2D eigenvalue weighted by Gasteiger charge is -2.26. The number of rotatable bonds is 5. The number of aliphatic hydroxyl groups is 1. The molecule has 1 aliphatic rings. The van der Waals surface area contributed by atoms with Gasteiger partial charge in [0.1, 0.15) is 11.0 Å². The van der Waals surface area contributed by atoms with Crippen molar-refractivity contribution in [2.75, 3.05) is 6.54 Å². The monoisotopic (exact) mass is 319 g/mol. The summed E-state index contributed by atoms with van der Waals surface area (Å²) >= 11 is 6.06. The van der Waals surface area contributed by atoms with Crippen molar-refractivity contribution in [1.82, 2.24) is 14.5 Å². The first-order chi connectivity index (χ1) is 10.6. The molecule has 2 atom stereocenters. The average Bonchev–Trinajstić information content (AvgIpc) is 3.10. The van der Waals surface area contributed by atoms with Crippen molar-refractivity contribution in [2.45, 2.75) is 38.0 Å². The predicted octanol–water partition coefficient (Wildman–Crippen LogP) is 3.16. The molecule has 1 aromatic carbocycles. The molecule has 2 unspecified atom stereocenters. The van der Waals surface area contributed by atoms with Gasteiger partial charge in [-0.2, -0.15) is 0 Å². The Bertz CT molecular complexity index is 614. The second-order valence-electron chi connectivity index (χ2n) is 5.98. The van der Waals surface area contributed by atoms with Crippen LogP contribution in [0, 0.1) is 0 Å². The molecule has 22 heavy (non-hydrogen) atoms. The van der Waals surface area contributed by atoms with Gasteiger partial charge in [0.05, 0.1) is 18.8 Å². The smallest absolute Gasteiger partial charge is 0.128 e. The lowest BCUT2D eigenvalue weighted by atomic mass is 10.0. The van der Waals surface area contributed by atoms with Gasteiger partial charge in [0, 0.05) is 13.1 Å². The molecule has 0 bridgehead atoms. The van der Waals surface area contributed by atoms with E-state index in [2.05, 4.69) is 9.88 Å². The zero-order valence-electron chi connectivity index (χ0n) is 12.8. The maximum Gasteiger partial charge on any atom is 0.128 e. The van der Waals surface area contributed by atoms with Crippen LogP contribution in [-0.2, 0) is 13.6 Å². The number of aliphatic hydroxyl groups excluding tert-OH is 1. The van der Waals surface area contributed by atoms with E-state index in [9.17, 15) is 5.11 Å². The molecule has 0 amide bonds. The van der Waals surface area contributed by atoms with Gasteiger partial charge in [-0.1, -0.05) is 41.9 Å². The molecule has 4 nitrogen and oxygen atoms in total. The predicted molar refractivity (Wildman–Crippen MR) is 87.7 cm³/mol. The van der Waals surface area contributed by atoms with E-state index < -0.39 is 6.10 Å². The van der Waals surface area contributed by atoms with Crippen LogP contribution in [0.5, 0.6) is 0 Å². The average molecular weight is 320 g/mol. The molecule has 5 heteroatoms. The summed E-state index contributed by atoms with van der Waals surface area (Å²) in [5.41, 5.74) is 0.995. The number of aromatic nitrogens is 2. The fourth-order valence-corrected chi connectivity index (χ4v) is 3.34. The van der Waals surface area contributed by atoms with Crippen LogP contribution in [0.15, 0.2) is 36.5 Å². The maximum atomic E-state index is 10.5. The Hall–Kier alpha value is -1.36. The van der Waals surface area contributed by atoms with Crippen LogP contribution in [0.2, 0.25) is 5.15 Å². The molecule has 2 heterocycles. The lowest BCUT2D eigenvalue weighted by Crippen LogP contribution is -2.31. The third-order valence-corrected chi connectivity index (χ3v) is 4.90. The zero-order valence-corrected chi connectivity index (χ0v) is 13.6. The number of hydrogen-bond acceptors (Lipinski definition) is 3. The van der Waals surface area contributed by atoms with Gasteiger partial charge in [0.15, 0.2) is 0 Å². The summed E-state index contributed by atoms with van der Waals surface area (Å²) in [4.78, 5) is 6.78. The fourth-order valence-electron chi connectivity index (χ4n) is 3.19. The van der Waals surface area contributed by atoms with E-state index in [-0.39, 0.29) is 0 Å². The van der Waals surface area contributed by atoms with Gasteiger partial charge < -0.3 is 9.67 Å². The van der Waals surface area contributed by atoms with Crippen molar-refractivity contribution in [3.05, 3.63) is 53.1 Å². The Morgan fingerprint density at radius 1 is 1.36 bits per heavy atom. The van der Waals surface area contributed by atoms with E-state index in [4.69, 9.17) is 11.6 Å². The quantitative estimate of drug-likeness (QED) is 0.920. The number of nitrogens with zero attached hydrogens (tertiary/aromatic N) is 3. The van der Waals surface area contributed by atoms with E-state index in [1.165, 1.54) is 6.42 Å². The first-order valence-corrected chi connectivity index (χ1v) is 8.16. The SMILES string of the molecule is Cn1c(Cl)cnc1CN1CCCC1CC(O)c1ccccc1. The largest absolute Gasteiger partial charge is 0.388 e. The molecule has 0 aliphatic carbocycles. The first-order valence-electron chi connectivity index (χ1n) is 7.78. The molecule has 2 aromatic rings. The normalized spacial score (nSPS) is 20.4. The Morgan fingerprint density at radius 3 is 2.82 bits per heavy atom. The molecule has 1 N–H and O–H groups in total. The van der Waals surface area contributed by atoms with Gasteiger partial charge in [-0.05, 0) is 31.4 Å². The highest BCUT2D eigenvalue weighted by atomic mass is 35.5. The van der Waals surface area contributed by atoms with Crippen molar-refractivity contribution in [2.24, 2.45) is 7.05 Å². The first kappa shape index (κ1) is 15.5. The van der Waals surface area contributed by atoms with Crippen LogP contribution < -0.4 is 0 Å². The summed E-state index contributed by atoms with van der Waals surface area (Å²) in [5, 5.41) is 11.1. The van der Waals surface area contributed by atoms with Gasteiger partial charge in [0.2, 0.25) is 0 Å². The number of benzene rings is 1. The Labute approximate surface area is 136 Å². The second-order valence-corrected chi connectivity index (χ2v) is 6.37. The third kappa shape index (κ3) is 3.35. The molecule has 0 radical (unpaired) electrons. The number of halogens is 1. The van der Waals surface area contributed by atoms with Gasteiger partial charge in [-0.3, -0.25) is 4.90 Å². The lowest BCUT2D eigenvalue weighted by molar-refractivity contribution is 0.116. The van der Waals surface area contributed by atoms with Crippen LogP contribution in [0.25, 0.3) is 0 Å². The highest BCUT2D eigenvalue weighted by molar-refractivity contribution is 6.29. The standard InChI is InChI=1S/C17H22ClN3O/c1-20-16(18)11-19-17(20)12-21-9-5-8-14(21)10-15(22)13-6-3-2-4-7-13/h2-4,6-7,11,14-15,22H,5,8-10,12H2,1H3. The highest BCUT2D eigenvalue weighted by Crippen LogP contribution is 2.28. The summed E-state index contributed by atoms with van der Waals surface area (Å²) in [6, 6.07) is 10.3. The summed E-state index contributed by atoms with van der Waals surface area (Å²) in [6.07, 6.45) is 4.35. The minimum Gasteiger partial charge on any atom is -0.388 e. The van der Waals surface area contributed by atoms with Crippen molar-refractivity contribution in [3.8, 4) is 0 Å². The molecular weight excluding hydrogens is 298 g/mol. The van der Waals surface area contributed by atoms with Crippen LogP contribution in [-0.4, -0.2) is 32.1 Å². The van der Waals surface area contributed by atoms with Crippen LogP contribution in [0.4, 0.5) is 0 Å². The summed E-state index contributed by atoms with van der Waals surface area (Å²) in [7, 11) is 1.94. The van der Waals surface area contributed by atoms with Gasteiger partial charge in [-0.25, -0.2) is 4.98 Å². The zero-order chi connectivity index (χ0) is 15.5. The van der Waals surface area contributed by atoms with E-state index in [1.54, 1.807) is 6.20 Å². The molecule has 118 valence electrons. The van der Waals surface area contributed by atoms with E-state index in [0.717, 1.165) is 37.3 Å². The van der Waals surface area contributed by atoms with E-state index >= 15 is 0 Å². The molecule has 0 spiro atoms. The number of likely N-dealkylation sites (tertiary alicyclic amines) is 1. The van der Waals surface area contributed by atoms with Crippen LogP contribution in [0.1, 0.15) is 36.8 Å². The number of imidazole rings is 1. The van der Waals surface area contributed by atoms with Gasteiger partial charge in [-0.15, -0.1) is 0 Å². The molecule has 1 fully saturated rings. The van der Waals surface area contributed by atoms with E-state index in [1.807, 2.05) is 41.9 Å². The molecule has 0 saturated carbocycles. The van der Waals surface area contributed by atoms with Gasteiger partial charge >= 0.3 is 0 Å². The summed E-state index contributed by atoms with van der Waals surface area (Å²) in [5.74, 6) is 0.978. The molecular formula is C17H22ClN3O. The summed E-state index contributed by atoms with van der Waals surface area (Å²) < 4.78 is 1.92. The minimum atomic E-state index is -0.406. The van der Waals surface area contributed by atoms with Crippen LogP contribution in [0.3, 0.4) is 0 Å². The van der Waals surface area contributed by atoms with Crippen molar-refractivity contribution >= 4 is 11.6 Å². The highest BCUT2D eigenvalue weighted by Gasteiger charge is 2.28. The van der Waals surface area contributed by atoms with Crippen LogP contribution >= 0.6 is 11.6 Å². The van der Waals surface area contributed by atoms with Gasteiger partial charge in [0.25, 0.3) is 0 Å². The van der Waals surface area contributed by atoms with Crippen molar-refractivity contribution in [3.63, 3.8) is 0 Å². The minimum absolute atomic E-state index is 0.394. The Kier molecular flexibility index (Phi) is 4.81. The number of hydrogen-bond donors (Lipinski definition) is 1. The molecule has 1 aromatic heterocycles. The second kappa shape index (κ2) is 6.82. The fraction of sp³-hybridized carbons (Fsp3) is 0.471. The topological polar surface area (TPSA) is 41.3 Å². The molecule has 3 rings (SSSR count). The molecule has 1 aliphatic heterocycles. The maximum absolute atomic E-state index is 10.5. The van der Waals surface area contributed by atoms with Crippen molar-refractivity contribution in [1.29, 1.82) is 0 Å². The van der Waals surface area contributed by atoms with E-state index in [0.29, 0.717) is 11.2 Å². The van der Waals surface area contributed by atoms with Crippen molar-refractivity contribution < 1.29 is 5.11 Å². The molecule has 1 saturated heterocycles. The summed E-state index contributed by atoms with van der Waals surface area (Å²) in [6.45, 7) is 1.84. The Balaban J connectivity index is 1.64. The third-order valence-electron chi connectivity index (χ3n) is 4.55. The Morgan fingerprint density at radius 2 is 2.14 bits per heavy atom.